The number of benzene rings is 2. The van der Waals surface area contributed by atoms with Gasteiger partial charge in [-0.1, -0.05) is 17.7 Å². The maximum absolute atomic E-state index is 13.1. The molecule has 1 atom stereocenters. The van der Waals surface area contributed by atoms with Gasteiger partial charge in [0.2, 0.25) is 11.8 Å². The van der Waals surface area contributed by atoms with Crippen molar-refractivity contribution in [2.75, 3.05) is 51.3 Å². The molecule has 0 bridgehead atoms. The molecule has 2 fully saturated rings. The molecule has 3 amide bonds. The maximum atomic E-state index is 13.1. The zero-order chi connectivity index (χ0) is 23.4. The summed E-state index contributed by atoms with van der Waals surface area (Å²) in [4.78, 5) is 44.3. The first kappa shape index (κ1) is 22.6. The van der Waals surface area contributed by atoms with Crippen LogP contribution in [0.2, 0.25) is 0 Å². The quantitative estimate of drug-likeness (QED) is 0.750. The van der Waals surface area contributed by atoms with Crippen LogP contribution in [0.15, 0.2) is 48.5 Å². The van der Waals surface area contributed by atoms with Gasteiger partial charge in [-0.3, -0.25) is 14.4 Å². The lowest BCUT2D eigenvalue weighted by molar-refractivity contribution is -0.138. The molecule has 8 heteroatoms. The number of aryl methyl sites for hydroxylation is 1. The summed E-state index contributed by atoms with van der Waals surface area (Å²) in [7, 11) is 1.64. The number of hydrogen-bond acceptors (Lipinski definition) is 5. The van der Waals surface area contributed by atoms with Gasteiger partial charge in [0.1, 0.15) is 11.8 Å². The van der Waals surface area contributed by atoms with Crippen LogP contribution in [0.25, 0.3) is 0 Å². The fraction of sp³-hybridized carbons (Fsp3) is 0.400. The molecule has 8 nitrogen and oxygen atoms in total. The Kier molecular flexibility index (Phi) is 6.82. The highest BCUT2D eigenvalue weighted by Crippen LogP contribution is 2.21. The molecule has 0 unspecified atom stereocenters. The van der Waals surface area contributed by atoms with E-state index in [1.165, 1.54) is 4.90 Å². The molecule has 0 radical (unpaired) electrons. The summed E-state index contributed by atoms with van der Waals surface area (Å²) in [6.07, 6.45) is -0.00797. The number of anilines is 1. The number of rotatable bonds is 5. The fourth-order valence-corrected chi connectivity index (χ4v) is 4.32. The largest absolute Gasteiger partial charge is 0.497 e. The number of nitrogens with zero attached hydrogens (tertiary/aromatic N) is 3. The Hall–Kier alpha value is -3.55. The fourth-order valence-electron chi connectivity index (χ4n) is 4.32. The highest BCUT2D eigenvalue weighted by molar-refractivity contribution is 5.99. The summed E-state index contributed by atoms with van der Waals surface area (Å²) in [5, 5.41) is 2.80. The zero-order valence-corrected chi connectivity index (χ0v) is 19.1. The molecule has 1 N–H and O–H groups in total. The van der Waals surface area contributed by atoms with E-state index in [1.54, 1.807) is 24.1 Å². The topological polar surface area (TPSA) is 82.2 Å². The number of ether oxygens (including phenoxy) is 1. The Balaban J connectivity index is 1.38. The summed E-state index contributed by atoms with van der Waals surface area (Å²) in [5.74, 6) is 0.218. The van der Waals surface area contributed by atoms with E-state index >= 15 is 0 Å². The van der Waals surface area contributed by atoms with Gasteiger partial charge < -0.3 is 24.8 Å². The zero-order valence-electron chi connectivity index (χ0n) is 19.1. The maximum Gasteiger partial charge on any atom is 0.254 e. The number of carbonyl (C=O) groups is 3. The lowest BCUT2D eigenvalue weighted by Crippen LogP contribution is -2.59. The Morgan fingerprint density at radius 1 is 0.970 bits per heavy atom. The van der Waals surface area contributed by atoms with Crippen LogP contribution in [0, 0.1) is 6.92 Å². The molecule has 2 heterocycles. The average molecular weight is 451 g/mol. The second-order valence-electron chi connectivity index (χ2n) is 8.44. The van der Waals surface area contributed by atoms with Gasteiger partial charge >= 0.3 is 0 Å². The Morgan fingerprint density at radius 3 is 2.27 bits per heavy atom. The minimum Gasteiger partial charge on any atom is -0.497 e. The molecule has 0 aliphatic carbocycles. The van der Waals surface area contributed by atoms with Gasteiger partial charge in [0.15, 0.2) is 0 Å². The number of nitrogens with one attached hydrogen (secondary N) is 1. The normalized spacial score (nSPS) is 18.7. The van der Waals surface area contributed by atoms with E-state index in [2.05, 4.69) is 10.2 Å². The highest BCUT2D eigenvalue weighted by Gasteiger charge is 2.36. The summed E-state index contributed by atoms with van der Waals surface area (Å²) in [6.45, 7) is 5.31. The highest BCUT2D eigenvalue weighted by atomic mass is 16.5. The predicted molar refractivity (Wildman–Crippen MR) is 125 cm³/mol. The third-order valence-electron chi connectivity index (χ3n) is 6.33. The number of hydrogen-bond donors (Lipinski definition) is 1. The van der Waals surface area contributed by atoms with Gasteiger partial charge in [-0.25, -0.2) is 0 Å². The number of amides is 3. The van der Waals surface area contributed by atoms with Crippen LogP contribution in [0.5, 0.6) is 5.75 Å². The van der Waals surface area contributed by atoms with Crippen LogP contribution in [0.3, 0.4) is 0 Å². The van der Waals surface area contributed by atoms with Gasteiger partial charge in [-0.15, -0.1) is 0 Å². The Morgan fingerprint density at radius 2 is 1.64 bits per heavy atom. The molecule has 174 valence electrons. The first-order valence-corrected chi connectivity index (χ1v) is 11.3. The standard InChI is InChI=1S/C25H30N4O4/c1-18-3-5-19(6-4-18)25(32)29-12-11-26-24(31)22(29)17-23(30)28-15-13-27(14-16-28)20-7-9-21(33-2)10-8-20/h3-10,22H,11-17H2,1-2H3,(H,26,31)/t22-/m1/s1. The van der Waals surface area contributed by atoms with Crippen molar-refractivity contribution in [3.05, 3.63) is 59.7 Å². The molecule has 0 saturated carbocycles. The second kappa shape index (κ2) is 9.94. The molecule has 4 rings (SSSR count). The van der Waals surface area contributed by atoms with Crippen molar-refractivity contribution in [2.24, 2.45) is 0 Å². The molecule has 2 aromatic rings. The van der Waals surface area contributed by atoms with Crippen molar-refractivity contribution < 1.29 is 19.1 Å². The van der Waals surface area contributed by atoms with Crippen LogP contribution in [-0.2, 0) is 9.59 Å². The Labute approximate surface area is 194 Å². The summed E-state index contributed by atoms with van der Waals surface area (Å²) in [5.41, 5.74) is 2.67. The lowest BCUT2D eigenvalue weighted by atomic mass is 10.0. The van der Waals surface area contributed by atoms with E-state index in [4.69, 9.17) is 4.74 Å². The average Bonchev–Trinajstić information content (AvgIpc) is 2.85. The lowest BCUT2D eigenvalue weighted by Gasteiger charge is -2.39. The van der Waals surface area contributed by atoms with Crippen LogP contribution in [-0.4, -0.2) is 79.9 Å². The molecule has 2 aromatic carbocycles. The van der Waals surface area contributed by atoms with Crippen molar-refractivity contribution in [3.8, 4) is 5.75 Å². The van der Waals surface area contributed by atoms with E-state index in [1.807, 2.05) is 43.3 Å². The first-order chi connectivity index (χ1) is 16.0. The summed E-state index contributed by atoms with van der Waals surface area (Å²) in [6, 6.07) is 14.4. The van der Waals surface area contributed by atoms with Crippen molar-refractivity contribution in [1.82, 2.24) is 15.1 Å². The van der Waals surface area contributed by atoms with E-state index in [-0.39, 0.29) is 24.1 Å². The molecular formula is C25H30N4O4. The SMILES string of the molecule is COc1ccc(N2CCN(C(=O)C[C@@H]3C(=O)NCCN3C(=O)c3ccc(C)cc3)CC2)cc1. The predicted octanol–water partition coefficient (Wildman–Crippen LogP) is 1.68. The van der Waals surface area contributed by atoms with E-state index in [0.29, 0.717) is 44.8 Å². The van der Waals surface area contributed by atoms with E-state index in [0.717, 1.165) is 17.0 Å². The number of piperazine rings is 2. The van der Waals surface area contributed by atoms with Crippen molar-refractivity contribution >= 4 is 23.4 Å². The summed E-state index contributed by atoms with van der Waals surface area (Å²) >= 11 is 0. The molecule has 2 aliphatic rings. The summed E-state index contributed by atoms with van der Waals surface area (Å²) < 4.78 is 5.21. The second-order valence-corrected chi connectivity index (χ2v) is 8.44. The Bertz CT molecular complexity index is 998. The number of carbonyl (C=O) groups excluding carboxylic acids is 3. The molecular weight excluding hydrogens is 420 g/mol. The smallest absolute Gasteiger partial charge is 0.254 e. The minimum absolute atomic E-state index is 0.00797. The van der Waals surface area contributed by atoms with Gasteiger partial charge in [0.05, 0.1) is 13.5 Å². The van der Waals surface area contributed by atoms with Crippen LogP contribution >= 0.6 is 0 Å². The van der Waals surface area contributed by atoms with Crippen molar-refractivity contribution in [2.45, 2.75) is 19.4 Å². The van der Waals surface area contributed by atoms with Crippen molar-refractivity contribution in [1.29, 1.82) is 0 Å². The number of methoxy groups -OCH3 is 1. The molecule has 2 saturated heterocycles. The van der Waals surface area contributed by atoms with Crippen LogP contribution in [0.4, 0.5) is 5.69 Å². The molecule has 0 spiro atoms. The van der Waals surface area contributed by atoms with Crippen LogP contribution in [0.1, 0.15) is 22.3 Å². The van der Waals surface area contributed by atoms with Gasteiger partial charge in [0, 0.05) is 50.5 Å². The first-order valence-electron chi connectivity index (χ1n) is 11.3. The van der Waals surface area contributed by atoms with E-state index < -0.39 is 6.04 Å². The van der Waals surface area contributed by atoms with Gasteiger partial charge in [-0.05, 0) is 43.3 Å². The van der Waals surface area contributed by atoms with Gasteiger partial charge in [0.25, 0.3) is 5.91 Å². The third kappa shape index (κ3) is 5.10. The van der Waals surface area contributed by atoms with Crippen molar-refractivity contribution in [3.63, 3.8) is 0 Å². The minimum atomic E-state index is -0.792. The molecule has 2 aliphatic heterocycles. The van der Waals surface area contributed by atoms with Gasteiger partial charge in [-0.2, -0.15) is 0 Å². The molecule has 0 aromatic heterocycles. The third-order valence-corrected chi connectivity index (χ3v) is 6.33. The molecule has 33 heavy (non-hydrogen) atoms. The van der Waals surface area contributed by atoms with Crippen LogP contribution < -0.4 is 15.0 Å². The monoisotopic (exact) mass is 450 g/mol. The van der Waals surface area contributed by atoms with E-state index in [9.17, 15) is 14.4 Å².